The highest BCUT2D eigenvalue weighted by molar-refractivity contribution is 9.10. The third kappa shape index (κ3) is 5.59. The van der Waals surface area contributed by atoms with E-state index in [1.165, 1.54) is 18.2 Å². The Hall–Kier alpha value is -1.10. The van der Waals surface area contributed by atoms with Gasteiger partial charge in [0.15, 0.2) is 6.61 Å². The van der Waals surface area contributed by atoms with E-state index in [-0.39, 0.29) is 18.3 Å². The van der Waals surface area contributed by atoms with E-state index < -0.39 is 0 Å². The van der Waals surface area contributed by atoms with Crippen LogP contribution >= 0.6 is 15.9 Å². The van der Waals surface area contributed by atoms with Crippen molar-refractivity contribution in [2.45, 2.75) is 26.7 Å². The van der Waals surface area contributed by atoms with Crippen LogP contribution < -0.4 is 10.1 Å². The highest BCUT2D eigenvalue weighted by Crippen LogP contribution is 2.25. The van der Waals surface area contributed by atoms with Gasteiger partial charge in [0.05, 0.1) is 4.47 Å². The molecule has 19 heavy (non-hydrogen) atoms. The molecule has 1 aromatic rings. The summed E-state index contributed by atoms with van der Waals surface area (Å²) in [5, 5.41) is 2.83. The predicted octanol–water partition coefficient (Wildman–Crippen LogP) is 3.52. The number of carbonyl (C=O) groups is 1. The summed E-state index contributed by atoms with van der Waals surface area (Å²) in [6, 6.07) is 4.09. The largest absolute Gasteiger partial charge is 0.483 e. The Morgan fingerprint density at radius 2 is 2.11 bits per heavy atom. The second-order valence-electron chi connectivity index (χ2n) is 4.35. The molecule has 0 saturated heterocycles. The molecule has 0 aliphatic rings. The molecule has 0 saturated carbocycles. The maximum atomic E-state index is 12.9. The zero-order valence-corrected chi connectivity index (χ0v) is 12.8. The minimum absolute atomic E-state index is 0.0651. The summed E-state index contributed by atoms with van der Waals surface area (Å²) in [5.74, 6) is 0.445. The summed E-state index contributed by atoms with van der Waals surface area (Å²) < 4.78 is 18.7. The maximum Gasteiger partial charge on any atom is 0.257 e. The third-order valence-electron chi connectivity index (χ3n) is 3.00. The number of nitrogens with one attached hydrogen (secondary N) is 1. The monoisotopic (exact) mass is 331 g/mol. The molecule has 1 amide bonds. The number of rotatable bonds is 7. The molecule has 0 spiro atoms. The minimum Gasteiger partial charge on any atom is -0.483 e. The Bertz CT molecular complexity index is 422. The molecule has 0 heterocycles. The molecule has 0 atom stereocenters. The maximum absolute atomic E-state index is 12.9. The van der Waals surface area contributed by atoms with Crippen LogP contribution in [0.25, 0.3) is 0 Å². The predicted molar refractivity (Wildman–Crippen MR) is 76.7 cm³/mol. The zero-order chi connectivity index (χ0) is 14.3. The van der Waals surface area contributed by atoms with Gasteiger partial charge in [0, 0.05) is 6.54 Å². The van der Waals surface area contributed by atoms with Crippen molar-refractivity contribution >= 4 is 21.8 Å². The van der Waals surface area contributed by atoms with Gasteiger partial charge in [0.2, 0.25) is 0 Å². The average molecular weight is 332 g/mol. The molecule has 0 aliphatic carbocycles. The Kier molecular flexibility index (Phi) is 6.84. The molecule has 0 radical (unpaired) electrons. The number of halogens is 2. The van der Waals surface area contributed by atoms with Crippen molar-refractivity contribution in [2.24, 2.45) is 5.92 Å². The molecule has 106 valence electrons. The molecule has 0 bridgehead atoms. The fraction of sp³-hybridized carbons (Fsp3) is 0.500. The molecule has 1 aromatic carbocycles. The first kappa shape index (κ1) is 16.0. The molecule has 3 nitrogen and oxygen atoms in total. The van der Waals surface area contributed by atoms with Crippen LogP contribution in [-0.2, 0) is 4.79 Å². The SMILES string of the molecule is CCC(CC)CNC(=O)COc1ccc(F)cc1Br. The van der Waals surface area contributed by atoms with Crippen molar-refractivity contribution in [3.63, 3.8) is 0 Å². The van der Waals surface area contributed by atoms with Crippen LogP contribution in [-0.4, -0.2) is 19.1 Å². The Morgan fingerprint density at radius 3 is 2.68 bits per heavy atom. The van der Waals surface area contributed by atoms with E-state index in [4.69, 9.17) is 4.74 Å². The number of hydrogen-bond donors (Lipinski definition) is 1. The van der Waals surface area contributed by atoms with Crippen LogP contribution in [0.1, 0.15) is 26.7 Å². The number of amides is 1. The molecule has 0 aliphatic heterocycles. The molecule has 0 fully saturated rings. The third-order valence-corrected chi connectivity index (χ3v) is 3.62. The summed E-state index contributed by atoms with van der Waals surface area (Å²) in [6.07, 6.45) is 2.09. The fourth-order valence-corrected chi connectivity index (χ4v) is 2.09. The van der Waals surface area contributed by atoms with Gasteiger partial charge in [0.25, 0.3) is 5.91 Å². The van der Waals surface area contributed by atoms with Gasteiger partial charge < -0.3 is 10.1 Å². The smallest absolute Gasteiger partial charge is 0.257 e. The minimum atomic E-state index is -0.350. The van der Waals surface area contributed by atoms with Gasteiger partial charge in [-0.3, -0.25) is 4.79 Å². The molecule has 5 heteroatoms. The number of carbonyl (C=O) groups excluding carboxylic acids is 1. The van der Waals surface area contributed by atoms with Gasteiger partial charge in [-0.25, -0.2) is 4.39 Å². The first-order chi connectivity index (χ1) is 9.06. The summed E-state index contributed by atoms with van der Waals surface area (Å²) >= 11 is 3.19. The lowest BCUT2D eigenvalue weighted by atomic mass is 10.0. The number of hydrogen-bond acceptors (Lipinski definition) is 2. The van der Waals surface area contributed by atoms with Crippen molar-refractivity contribution in [1.29, 1.82) is 0 Å². The summed E-state index contributed by atoms with van der Waals surface area (Å²) in [4.78, 5) is 11.6. The topological polar surface area (TPSA) is 38.3 Å². The summed E-state index contributed by atoms with van der Waals surface area (Å²) in [5.41, 5.74) is 0. The molecular weight excluding hydrogens is 313 g/mol. The second kappa shape index (κ2) is 8.15. The fourth-order valence-electron chi connectivity index (χ4n) is 1.62. The lowest BCUT2D eigenvalue weighted by Crippen LogP contribution is -2.32. The second-order valence-corrected chi connectivity index (χ2v) is 5.20. The molecule has 1 rings (SSSR count). The Labute approximate surface area is 121 Å². The van der Waals surface area contributed by atoms with Gasteiger partial charge in [-0.05, 0) is 40.0 Å². The van der Waals surface area contributed by atoms with Gasteiger partial charge in [-0.1, -0.05) is 26.7 Å². The number of ether oxygens (including phenoxy) is 1. The highest BCUT2D eigenvalue weighted by Gasteiger charge is 2.08. The first-order valence-corrected chi connectivity index (χ1v) is 7.20. The van der Waals surface area contributed by atoms with Crippen LogP contribution in [0, 0.1) is 11.7 Å². The lowest BCUT2D eigenvalue weighted by Gasteiger charge is -2.13. The van der Waals surface area contributed by atoms with Gasteiger partial charge in [-0.2, -0.15) is 0 Å². The first-order valence-electron chi connectivity index (χ1n) is 6.41. The van der Waals surface area contributed by atoms with E-state index in [1.54, 1.807) is 0 Å². The van der Waals surface area contributed by atoms with E-state index in [0.29, 0.717) is 22.7 Å². The van der Waals surface area contributed by atoms with E-state index in [2.05, 4.69) is 35.1 Å². The van der Waals surface area contributed by atoms with Crippen LogP contribution in [0.3, 0.4) is 0 Å². The molecule has 0 aromatic heterocycles. The summed E-state index contributed by atoms with van der Waals surface area (Å²) in [7, 11) is 0. The van der Waals surface area contributed by atoms with Gasteiger partial charge in [0.1, 0.15) is 11.6 Å². The standard InChI is InChI=1S/C14H19BrFNO2/c1-3-10(4-2)8-17-14(18)9-19-13-6-5-11(16)7-12(13)15/h5-7,10H,3-4,8-9H2,1-2H3,(H,17,18). The van der Waals surface area contributed by atoms with E-state index >= 15 is 0 Å². The summed E-state index contributed by atoms with van der Waals surface area (Å²) in [6.45, 7) is 4.81. The normalized spacial score (nSPS) is 10.6. The molecular formula is C14H19BrFNO2. The van der Waals surface area contributed by atoms with Crippen molar-refractivity contribution in [1.82, 2.24) is 5.32 Å². The van der Waals surface area contributed by atoms with Crippen LogP contribution in [0.5, 0.6) is 5.75 Å². The van der Waals surface area contributed by atoms with E-state index in [9.17, 15) is 9.18 Å². The van der Waals surface area contributed by atoms with Crippen molar-refractivity contribution in [3.05, 3.63) is 28.5 Å². The van der Waals surface area contributed by atoms with Crippen LogP contribution in [0.2, 0.25) is 0 Å². The van der Waals surface area contributed by atoms with Crippen molar-refractivity contribution in [3.8, 4) is 5.75 Å². The van der Waals surface area contributed by atoms with Crippen molar-refractivity contribution < 1.29 is 13.9 Å². The number of benzene rings is 1. The quantitative estimate of drug-likeness (QED) is 0.830. The molecule has 0 unspecified atom stereocenters. The highest BCUT2D eigenvalue weighted by atomic mass is 79.9. The van der Waals surface area contributed by atoms with Crippen LogP contribution in [0.4, 0.5) is 4.39 Å². The lowest BCUT2D eigenvalue weighted by molar-refractivity contribution is -0.123. The van der Waals surface area contributed by atoms with Gasteiger partial charge >= 0.3 is 0 Å². The average Bonchev–Trinajstić information content (AvgIpc) is 2.39. The zero-order valence-electron chi connectivity index (χ0n) is 11.2. The van der Waals surface area contributed by atoms with Crippen LogP contribution in [0.15, 0.2) is 22.7 Å². The van der Waals surface area contributed by atoms with Crippen molar-refractivity contribution in [2.75, 3.05) is 13.2 Å². The molecule has 1 N–H and O–H groups in total. The van der Waals surface area contributed by atoms with E-state index in [0.717, 1.165) is 12.8 Å². The Morgan fingerprint density at radius 1 is 1.42 bits per heavy atom. The Balaban J connectivity index is 2.37. The van der Waals surface area contributed by atoms with E-state index in [1.807, 2.05) is 0 Å². The van der Waals surface area contributed by atoms with Gasteiger partial charge in [-0.15, -0.1) is 0 Å².